The lowest BCUT2D eigenvalue weighted by Crippen LogP contribution is -2.41. The van der Waals surface area contributed by atoms with E-state index >= 15 is 0 Å². The minimum Gasteiger partial charge on any atom is -0.444 e. The Balaban J connectivity index is 1.39. The standard InChI is InChI=1S/C31H35N5O3/c1-31(2,3)39-30(38)35-16-14-22(15-17-35)26-19-25(28-29(32)33-20-34-36(26)28)23-10-7-11-24(18-23)27(37)13-12-21-8-5-4-6-9-21/h4-11,18-20,22H,12-17H2,1-3H3,(H2,32,33,34). The van der Waals surface area contributed by atoms with Gasteiger partial charge in [0.05, 0.1) is 0 Å². The quantitative estimate of drug-likeness (QED) is 0.314. The Hall–Kier alpha value is -4.20. The van der Waals surface area contributed by atoms with Gasteiger partial charge < -0.3 is 15.4 Å². The third-order valence-electron chi connectivity index (χ3n) is 7.15. The van der Waals surface area contributed by atoms with Crippen LogP contribution in [0.1, 0.15) is 67.6 Å². The number of hydrogen-bond donors (Lipinski definition) is 1. The minimum absolute atomic E-state index is 0.100. The van der Waals surface area contributed by atoms with Crippen LogP contribution in [0.2, 0.25) is 0 Å². The number of piperidine rings is 1. The van der Waals surface area contributed by atoms with Crippen LogP contribution in [0.4, 0.5) is 10.6 Å². The van der Waals surface area contributed by atoms with Gasteiger partial charge in [0, 0.05) is 42.2 Å². The molecule has 39 heavy (non-hydrogen) atoms. The Kier molecular flexibility index (Phi) is 7.37. The number of hydrogen-bond acceptors (Lipinski definition) is 6. The van der Waals surface area contributed by atoms with Crippen LogP contribution in [0.3, 0.4) is 0 Å². The monoisotopic (exact) mass is 525 g/mol. The van der Waals surface area contributed by atoms with Crippen molar-refractivity contribution in [3.63, 3.8) is 0 Å². The topological polar surface area (TPSA) is 103 Å². The van der Waals surface area contributed by atoms with Gasteiger partial charge in [-0.3, -0.25) is 4.79 Å². The van der Waals surface area contributed by atoms with Gasteiger partial charge in [-0.1, -0.05) is 48.5 Å². The molecule has 2 N–H and O–H groups in total. The number of ether oxygens (including phenoxy) is 1. The van der Waals surface area contributed by atoms with Gasteiger partial charge in [-0.05, 0) is 63.3 Å². The molecular formula is C31H35N5O3. The Bertz CT molecular complexity index is 1480. The predicted molar refractivity (Wildman–Crippen MR) is 152 cm³/mol. The van der Waals surface area contributed by atoms with E-state index in [4.69, 9.17) is 10.5 Å². The number of Topliss-reactive ketones (excluding diaryl/α,β-unsaturated/α-hetero) is 1. The summed E-state index contributed by atoms with van der Waals surface area (Å²) in [4.78, 5) is 31.6. The van der Waals surface area contributed by atoms with Crippen LogP contribution in [-0.2, 0) is 11.2 Å². The third-order valence-corrected chi connectivity index (χ3v) is 7.15. The molecule has 1 saturated heterocycles. The molecule has 0 aliphatic carbocycles. The number of anilines is 1. The molecule has 2 aromatic carbocycles. The van der Waals surface area contributed by atoms with Crippen LogP contribution in [0.25, 0.3) is 16.6 Å². The number of carbonyl (C=O) groups excluding carboxylic acids is 2. The summed E-state index contributed by atoms with van der Waals surface area (Å²) in [5.41, 5.74) is 11.2. The van der Waals surface area contributed by atoms with E-state index in [-0.39, 0.29) is 17.8 Å². The summed E-state index contributed by atoms with van der Waals surface area (Å²) < 4.78 is 7.43. The van der Waals surface area contributed by atoms with Crippen LogP contribution >= 0.6 is 0 Å². The molecule has 0 unspecified atom stereocenters. The molecule has 8 heteroatoms. The largest absolute Gasteiger partial charge is 0.444 e. The van der Waals surface area contributed by atoms with Crippen LogP contribution in [0.5, 0.6) is 0 Å². The van der Waals surface area contributed by atoms with E-state index < -0.39 is 5.60 Å². The molecular weight excluding hydrogens is 490 g/mol. The van der Waals surface area contributed by atoms with Gasteiger partial charge >= 0.3 is 6.09 Å². The molecule has 0 saturated carbocycles. The molecule has 8 nitrogen and oxygen atoms in total. The van der Waals surface area contributed by atoms with Gasteiger partial charge in [-0.25, -0.2) is 14.3 Å². The highest BCUT2D eigenvalue weighted by Gasteiger charge is 2.30. The highest BCUT2D eigenvalue weighted by Crippen LogP contribution is 2.37. The molecule has 1 fully saturated rings. The number of nitrogens with two attached hydrogens (primary N) is 1. The average molecular weight is 526 g/mol. The van der Waals surface area contributed by atoms with Gasteiger partial charge in [-0.15, -0.1) is 0 Å². The fourth-order valence-corrected chi connectivity index (χ4v) is 5.19. The number of nitrogens with zero attached hydrogens (tertiary/aromatic N) is 4. The van der Waals surface area contributed by atoms with Crippen molar-refractivity contribution in [2.45, 2.75) is 58.0 Å². The number of benzene rings is 2. The lowest BCUT2D eigenvalue weighted by Gasteiger charge is -2.33. The second kappa shape index (κ2) is 10.9. The molecule has 4 aromatic rings. The Morgan fingerprint density at radius 2 is 1.77 bits per heavy atom. The van der Waals surface area contributed by atoms with Gasteiger partial charge in [0.25, 0.3) is 0 Å². The molecule has 0 bridgehead atoms. The number of ketones is 1. The van der Waals surface area contributed by atoms with Crippen molar-refractivity contribution in [2.75, 3.05) is 18.8 Å². The summed E-state index contributed by atoms with van der Waals surface area (Å²) in [6, 6.07) is 19.9. The molecule has 202 valence electrons. The number of likely N-dealkylation sites (tertiary alicyclic amines) is 1. The number of rotatable bonds is 6. The van der Waals surface area contributed by atoms with Gasteiger partial charge in [-0.2, -0.15) is 5.10 Å². The lowest BCUT2D eigenvalue weighted by molar-refractivity contribution is 0.0203. The van der Waals surface area contributed by atoms with Crippen molar-refractivity contribution in [2.24, 2.45) is 0 Å². The smallest absolute Gasteiger partial charge is 0.410 e. The van der Waals surface area contributed by atoms with E-state index in [9.17, 15) is 9.59 Å². The highest BCUT2D eigenvalue weighted by molar-refractivity contribution is 5.98. The predicted octanol–water partition coefficient (Wildman–Crippen LogP) is 5.91. The normalized spacial score (nSPS) is 14.5. The van der Waals surface area contributed by atoms with Crippen molar-refractivity contribution in [1.82, 2.24) is 19.5 Å². The fourth-order valence-electron chi connectivity index (χ4n) is 5.19. The van der Waals surface area contributed by atoms with Crippen LogP contribution < -0.4 is 5.73 Å². The second-order valence-corrected chi connectivity index (χ2v) is 11.1. The summed E-state index contributed by atoms with van der Waals surface area (Å²) >= 11 is 0. The zero-order valence-electron chi connectivity index (χ0n) is 22.8. The van der Waals surface area contributed by atoms with E-state index in [2.05, 4.69) is 16.1 Å². The Morgan fingerprint density at radius 1 is 1.03 bits per heavy atom. The molecule has 5 rings (SSSR count). The zero-order chi connectivity index (χ0) is 27.6. The van der Waals surface area contributed by atoms with Crippen molar-refractivity contribution in [1.29, 1.82) is 0 Å². The first-order valence-corrected chi connectivity index (χ1v) is 13.5. The van der Waals surface area contributed by atoms with Crippen molar-refractivity contribution >= 4 is 23.2 Å². The number of carbonyl (C=O) groups is 2. The number of aromatic nitrogens is 3. The first-order valence-electron chi connectivity index (χ1n) is 13.5. The number of nitrogen functional groups attached to an aromatic ring is 1. The van der Waals surface area contributed by atoms with Crippen LogP contribution in [0.15, 0.2) is 67.0 Å². The summed E-state index contributed by atoms with van der Waals surface area (Å²) in [7, 11) is 0. The maximum atomic E-state index is 13.1. The van der Waals surface area contributed by atoms with Crippen LogP contribution in [-0.4, -0.2) is 50.1 Å². The molecule has 3 heterocycles. The SMILES string of the molecule is CC(C)(C)OC(=O)N1CCC(c2cc(-c3cccc(C(=O)CCc4ccccc4)c3)c3c(N)ncnn23)CC1. The highest BCUT2D eigenvalue weighted by atomic mass is 16.6. The van der Waals surface area contributed by atoms with Gasteiger partial charge in [0.15, 0.2) is 11.6 Å². The molecule has 2 aromatic heterocycles. The Morgan fingerprint density at radius 3 is 2.49 bits per heavy atom. The first kappa shape index (κ1) is 26.4. The molecule has 1 aliphatic rings. The van der Waals surface area contributed by atoms with E-state index in [0.29, 0.717) is 37.3 Å². The van der Waals surface area contributed by atoms with E-state index in [1.54, 1.807) is 4.90 Å². The van der Waals surface area contributed by atoms with Crippen molar-refractivity contribution in [3.05, 3.63) is 83.8 Å². The van der Waals surface area contributed by atoms with Crippen molar-refractivity contribution < 1.29 is 14.3 Å². The molecule has 0 spiro atoms. The Labute approximate surface area is 228 Å². The van der Waals surface area contributed by atoms with Crippen molar-refractivity contribution in [3.8, 4) is 11.1 Å². The summed E-state index contributed by atoms with van der Waals surface area (Å²) in [5.74, 6) is 0.677. The average Bonchev–Trinajstić information content (AvgIpc) is 3.33. The minimum atomic E-state index is -0.521. The van der Waals surface area contributed by atoms with Crippen LogP contribution in [0, 0.1) is 0 Å². The second-order valence-electron chi connectivity index (χ2n) is 11.1. The van der Waals surface area contributed by atoms with Gasteiger partial charge in [0.2, 0.25) is 0 Å². The number of aryl methyl sites for hydroxylation is 1. The molecule has 0 radical (unpaired) electrons. The van der Waals surface area contributed by atoms with E-state index in [0.717, 1.165) is 40.7 Å². The molecule has 1 aliphatic heterocycles. The lowest BCUT2D eigenvalue weighted by atomic mass is 9.93. The molecule has 0 atom stereocenters. The number of fused-ring (bicyclic) bond motifs is 1. The maximum absolute atomic E-state index is 13.1. The number of amides is 1. The van der Waals surface area contributed by atoms with Gasteiger partial charge in [0.1, 0.15) is 17.4 Å². The summed E-state index contributed by atoms with van der Waals surface area (Å²) in [6.07, 6.45) is 3.90. The molecule has 1 amide bonds. The fraction of sp³-hybridized carbons (Fsp3) is 0.355. The van der Waals surface area contributed by atoms with E-state index in [1.165, 1.54) is 6.33 Å². The summed E-state index contributed by atoms with van der Waals surface area (Å²) in [5, 5.41) is 4.54. The zero-order valence-corrected chi connectivity index (χ0v) is 22.8. The maximum Gasteiger partial charge on any atom is 0.410 e. The van der Waals surface area contributed by atoms with E-state index in [1.807, 2.05) is 79.9 Å². The third kappa shape index (κ3) is 5.95. The first-order chi connectivity index (χ1) is 18.7. The summed E-state index contributed by atoms with van der Waals surface area (Å²) in [6.45, 7) is 6.84.